The van der Waals surface area contributed by atoms with Gasteiger partial charge in [0.2, 0.25) is 0 Å². The van der Waals surface area contributed by atoms with Crippen LogP contribution in [-0.4, -0.2) is 30.0 Å². The van der Waals surface area contributed by atoms with E-state index in [0.717, 1.165) is 0 Å². The van der Waals surface area contributed by atoms with Crippen molar-refractivity contribution in [2.24, 2.45) is 11.3 Å². The maximum Gasteiger partial charge on any atom is 0.315 e. The second kappa shape index (κ2) is 5.77. The van der Waals surface area contributed by atoms with E-state index in [1.165, 1.54) is 0 Å². The van der Waals surface area contributed by atoms with Gasteiger partial charge < -0.3 is 10.4 Å². The van der Waals surface area contributed by atoms with Crippen molar-refractivity contribution in [3.63, 3.8) is 0 Å². The van der Waals surface area contributed by atoms with Crippen LogP contribution in [0.4, 0.5) is 8.78 Å². The number of hydrogen-bond donors (Lipinski definition) is 2. The minimum absolute atomic E-state index is 0.237. The largest absolute Gasteiger partial charge is 0.481 e. The van der Waals surface area contributed by atoms with Crippen molar-refractivity contribution in [2.75, 3.05) is 6.54 Å². The number of aliphatic carboxylic acids is 1. The third kappa shape index (κ3) is 6.31. The third-order valence-corrected chi connectivity index (χ3v) is 1.93. The minimum atomic E-state index is -3.11. The van der Waals surface area contributed by atoms with Crippen molar-refractivity contribution in [1.82, 2.24) is 5.32 Å². The monoisotopic (exact) mass is 237 g/mol. The number of halogens is 2. The number of nitrogens with one attached hydrogen (secondary N) is 1. The molecule has 0 aliphatic carbocycles. The van der Waals surface area contributed by atoms with E-state index in [1.807, 2.05) is 26.1 Å². The van der Waals surface area contributed by atoms with Gasteiger partial charge in [0.25, 0.3) is 5.91 Å². The fraction of sp³-hybridized carbons (Fsp3) is 0.800. The summed E-state index contributed by atoms with van der Waals surface area (Å²) >= 11 is 0. The van der Waals surface area contributed by atoms with Crippen molar-refractivity contribution in [1.29, 1.82) is 0 Å². The number of carbonyl (C=O) groups excluding carboxylic acids is 1. The molecule has 0 bridgehead atoms. The lowest BCUT2D eigenvalue weighted by atomic mass is 9.84. The van der Waals surface area contributed by atoms with Gasteiger partial charge in [-0.2, -0.15) is 8.78 Å². The van der Waals surface area contributed by atoms with Crippen LogP contribution >= 0.6 is 0 Å². The van der Waals surface area contributed by atoms with Crippen LogP contribution in [0.1, 0.15) is 27.2 Å². The maximum atomic E-state index is 11.9. The van der Waals surface area contributed by atoms with E-state index in [4.69, 9.17) is 5.11 Å². The molecule has 2 N–H and O–H groups in total. The molecular weight excluding hydrogens is 220 g/mol. The Kier molecular flexibility index (Phi) is 5.33. The Bertz CT molecular complexity index is 261. The number of carbonyl (C=O) groups is 2. The lowest BCUT2D eigenvalue weighted by Crippen LogP contribution is -2.37. The molecule has 0 aliphatic heterocycles. The van der Waals surface area contributed by atoms with Gasteiger partial charge in [-0.05, 0) is 11.8 Å². The first-order valence-corrected chi connectivity index (χ1v) is 4.92. The summed E-state index contributed by atoms with van der Waals surface area (Å²) < 4.78 is 23.7. The van der Waals surface area contributed by atoms with Crippen LogP contribution in [-0.2, 0) is 9.59 Å². The van der Waals surface area contributed by atoms with Gasteiger partial charge in [0, 0.05) is 6.54 Å². The van der Waals surface area contributed by atoms with E-state index in [0.29, 0.717) is 6.42 Å². The van der Waals surface area contributed by atoms with Crippen LogP contribution < -0.4 is 5.32 Å². The average molecular weight is 237 g/mol. The summed E-state index contributed by atoms with van der Waals surface area (Å²) in [7, 11) is 0. The highest BCUT2D eigenvalue weighted by atomic mass is 19.3. The van der Waals surface area contributed by atoms with Gasteiger partial charge in [0.05, 0.1) is 5.92 Å². The lowest BCUT2D eigenvalue weighted by Gasteiger charge is -2.23. The van der Waals surface area contributed by atoms with E-state index in [9.17, 15) is 18.4 Å². The van der Waals surface area contributed by atoms with E-state index in [1.54, 1.807) is 0 Å². The molecular formula is C10H17F2NO3. The number of amides is 1. The summed E-state index contributed by atoms with van der Waals surface area (Å²) in [6.45, 7) is 5.27. The molecule has 1 atom stereocenters. The van der Waals surface area contributed by atoms with E-state index in [-0.39, 0.29) is 12.0 Å². The van der Waals surface area contributed by atoms with Gasteiger partial charge in [-0.3, -0.25) is 9.59 Å². The summed E-state index contributed by atoms with van der Waals surface area (Å²) in [6, 6.07) is 0. The number of hydrogen-bond acceptors (Lipinski definition) is 2. The fourth-order valence-electron chi connectivity index (χ4n) is 1.29. The van der Waals surface area contributed by atoms with Gasteiger partial charge in [0.15, 0.2) is 0 Å². The second-order valence-electron chi connectivity index (χ2n) is 4.85. The second-order valence-corrected chi connectivity index (χ2v) is 4.85. The molecule has 1 unspecified atom stereocenters. The first kappa shape index (κ1) is 14.8. The first-order chi connectivity index (χ1) is 7.13. The van der Waals surface area contributed by atoms with Crippen molar-refractivity contribution in [2.45, 2.75) is 33.6 Å². The Labute approximate surface area is 93.0 Å². The third-order valence-electron chi connectivity index (χ3n) is 1.93. The number of rotatable bonds is 5. The Hall–Kier alpha value is -1.20. The van der Waals surface area contributed by atoms with Gasteiger partial charge in [-0.1, -0.05) is 20.8 Å². The molecule has 6 heteroatoms. The zero-order valence-corrected chi connectivity index (χ0v) is 9.59. The molecule has 0 saturated heterocycles. The zero-order chi connectivity index (χ0) is 12.9. The highest BCUT2D eigenvalue weighted by Gasteiger charge is 2.26. The molecule has 0 saturated carbocycles. The Morgan fingerprint density at radius 1 is 1.31 bits per heavy atom. The molecule has 1 amide bonds. The standard InChI is InChI=1S/C10H17F2NO3/c1-10(2,3)4-6(9(15)16)5-13-8(14)7(11)12/h6-7H,4-5H2,1-3H3,(H,13,14)(H,15,16). The van der Waals surface area contributed by atoms with Gasteiger partial charge in [-0.15, -0.1) is 0 Å². The molecule has 16 heavy (non-hydrogen) atoms. The minimum Gasteiger partial charge on any atom is -0.481 e. The summed E-state index contributed by atoms with van der Waals surface area (Å²) in [6.07, 6.45) is -2.80. The molecule has 4 nitrogen and oxygen atoms in total. The highest BCUT2D eigenvalue weighted by Crippen LogP contribution is 2.24. The Balaban J connectivity index is 4.26. The van der Waals surface area contributed by atoms with Crippen LogP contribution in [0, 0.1) is 11.3 Å². The maximum absolute atomic E-state index is 11.9. The molecule has 94 valence electrons. The molecule has 0 heterocycles. The molecule has 0 aromatic heterocycles. The number of carboxylic acid groups (broad SMARTS) is 1. The van der Waals surface area contributed by atoms with Crippen molar-refractivity contribution < 1.29 is 23.5 Å². The topological polar surface area (TPSA) is 66.4 Å². The molecule has 0 fully saturated rings. The van der Waals surface area contributed by atoms with Crippen LogP contribution in [0.25, 0.3) is 0 Å². The SMILES string of the molecule is CC(C)(C)CC(CNC(=O)C(F)F)C(=O)O. The number of alkyl halides is 2. The fourth-order valence-corrected chi connectivity index (χ4v) is 1.29. The predicted molar refractivity (Wildman–Crippen MR) is 54.2 cm³/mol. The predicted octanol–water partition coefficient (Wildman–Crippen LogP) is 1.50. The Morgan fingerprint density at radius 2 is 1.81 bits per heavy atom. The van der Waals surface area contributed by atoms with E-state index >= 15 is 0 Å². The van der Waals surface area contributed by atoms with Crippen LogP contribution in [0.5, 0.6) is 0 Å². The lowest BCUT2D eigenvalue weighted by molar-refractivity contribution is -0.143. The van der Waals surface area contributed by atoms with Gasteiger partial charge >= 0.3 is 12.4 Å². The number of carboxylic acids is 1. The van der Waals surface area contributed by atoms with E-state index < -0.39 is 24.2 Å². The van der Waals surface area contributed by atoms with E-state index in [2.05, 4.69) is 0 Å². The molecule has 0 aromatic carbocycles. The summed E-state index contributed by atoms with van der Waals surface area (Å²) in [4.78, 5) is 21.4. The quantitative estimate of drug-likeness (QED) is 0.761. The first-order valence-electron chi connectivity index (χ1n) is 4.92. The normalized spacial score (nSPS) is 13.6. The van der Waals surface area contributed by atoms with Crippen LogP contribution in [0.2, 0.25) is 0 Å². The van der Waals surface area contributed by atoms with Crippen molar-refractivity contribution >= 4 is 11.9 Å². The molecule has 0 spiro atoms. The Morgan fingerprint density at radius 3 is 2.12 bits per heavy atom. The average Bonchev–Trinajstić information content (AvgIpc) is 2.09. The summed E-state index contributed by atoms with van der Waals surface area (Å²) in [5, 5.41) is 10.8. The zero-order valence-electron chi connectivity index (χ0n) is 9.59. The van der Waals surface area contributed by atoms with Crippen molar-refractivity contribution in [3.05, 3.63) is 0 Å². The van der Waals surface area contributed by atoms with Gasteiger partial charge in [0.1, 0.15) is 0 Å². The molecule has 0 aromatic rings. The smallest absolute Gasteiger partial charge is 0.315 e. The highest BCUT2D eigenvalue weighted by molar-refractivity contribution is 5.80. The summed E-state index contributed by atoms with van der Waals surface area (Å²) in [5.74, 6) is -3.37. The van der Waals surface area contributed by atoms with Crippen LogP contribution in [0.15, 0.2) is 0 Å². The summed E-state index contributed by atoms with van der Waals surface area (Å²) in [5.41, 5.74) is -0.237. The van der Waals surface area contributed by atoms with Crippen LogP contribution in [0.3, 0.4) is 0 Å². The molecule has 0 rings (SSSR count). The van der Waals surface area contributed by atoms with Gasteiger partial charge in [-0.25, -0.2) is 0 Å². The van der Waals surface area contributed by atoms with Crippen molar-refractivity contribution in [3.8, 4) is 0 Å². The molecule has 0 aliphatic rings. The molecule has 0 radical (unpaired) electrons.